The zero-order valence-corrected chi connectivity index (χ0v) is 14.6. The van der Waals surface area contributed by atoms with E-state index in [0.29, 0.717) is 12.3 Å². The number of hydrogen-bond acceptors (Lipinski definition) is 4. The van der Waals surface area contributed by atoms with Crippen molar-refractivity contribution < 1.29 is 14.3 Å². The number of carbonyl (C=O) groups excluding carboxylic acids is 1. The predicted octanol–water partition coefficient (Wildman–Crippen LogP) is 3.71. The van der Waals surface area contributed by atoms with E-state index in [2.05, 4.69) is 24.5 Å². The third kappa shape index (κ3) is 4.36. The van der Waals surface area contributed by atoms with Gasteiger partial charge < -0.3 is 14.8 Å². The van der Waals surface area contributed by atoms with Crippen LogP contribution in [0.1, 0.15) is 21.6 Å². The topological polar surface area (TPSA) is 47.6 Å². The molecule has 0 aliphatic rings. The number of methoxy groups -OCH3 is 2. The van der Waals surface area contributed by atoms with Crippen molar-refractivity contribution in [1.82, 2.24) is 5.32 Å². The lowest BCUT2D eigenvalue weighted by Gasteiger charge is -2.07. The highest BCUT2D eigenvalue weighted by molar-refractivity contribution is 7.10. The Bertz CT molecular complexity index is 719. The maximum atomic E-state index is 12.0. The van der Waals surface area contributed by atoms with Crippen molar-refractivity contribution in [3.63, 3.8) is 0 Å². The van der Waals surface area contributed by atoms with Crippen LogP contribution in [-0.4, -0.2) is 20.1 Å². The maximum absolute atomic E-state index is 12.0. The summed E-state index contributed by atoms with van der Waals surface area (Å²) in [4.78, 5) is 13.3. The summed E-state index contributed by atoms with van der Waals surface area (Å²) in [6.07, 6.45) is 3.23. The molecule has 122 valence electrons. The molecular formula is C18H21NO3S. The molecule has 0 atom stereocenters. The molecule has 0 bridgehead atoms. The van der Waals surface area contributed by atoms with Crippen LogP contribution in [0.2, 0.25) is 0 Å². The van der Waals surface area contributed by atoms with E-state index in [1.54, 1.807) is 31.6 Å². The number of carbonyl (C=O) groups is 1. The Balaban J connectivity index is 2.02. The number of rotatable bonds is 6. The molecule has 0 saturated carbocycles. The van der Waals surface area contributed by atoms with Gasteiger partial charge in [0, 0.05) is 23.1 Å². The number of hydrogen-bond donors (Lipinski definition) is 1. The molecule has 1 aromatic heterocycles. The molecule has 4 nitrogen and oxygen atoms in total. The molecular weight excluding hydrogens is 310 g/mol. The molecule has 0 spiro atoms. The van der Waals surface area contributed by atoms with Crippen molar-refractivity contribution in [2.45, 2.75) is 20.4 Å². The summed E-state index contributed by atoms with van der Waals surface area (Å²) in [5.41, 5.74) is 3.20. The van der Waals surface area contributed by atoms with Gasteiger partial charge in [0.05, 0.1) is 14.2 Å². The summed E-state index contributed by atoms with van der Waals surface area (Å²) < 4.78 is 10.5. The fraction of sp³-hybridized carbons (Fsp3) is 0.278. The normalized spacial score (nSPS) is 10.8. The van der Waals surface area contributed by atoms with Crippen LogP contribution in [-0.2, 0) is 11.3 Å². The second-order valence-corrected chi connectivity index (χ2v) is 6.18. The Morgan fingerprint density at radius 3 is 2.65 bits per heavy atom. The van der Waals surface area contributed by atoms with Gasteiger partial charge in [0.1, 0.15) is 11.5 Å². The highest BCUT2D eigenvalue weighted by atomic mass is 32.1. The Hall–Kier alpha value is -2.27. The van der Waals surface area contributed by atoms with Crippen LogP contribution in [0.3, 0.4) is 0 Å². The second kappa shape index (κ2) is 7.83. The van der Waals surface area contributed by atoms with Crippen molar-refractivity contribution in [1.29, 1.82) is 0 Å². The fourth-order valence-corrected chi connectivity index (χ4v) is 3.00. The molecule has 0 fully saturated rings. The van der Waals surface area contributed by atoms with E-state index in [1.807, 2.05) is 18.2 Å². The first-order valence-electron chi connectivity index (χ1n) is 7.26. The van der Waals surface area contributed by atoms with Gasteiger partial charge >= 0.3 is 0 Å². The minimum absolute atomic E-state index is 0.141. The quantitative estimate of drug-likeness (QED) is 0.821. The molecule has 0 radical (unpaired) electrons. The zero-order chi connectivity index (χ0) is 16.8. The van der Waals surface area contributed by atoms with Gasteiger partial charge in [-0.3, -0.25) is 4.79 Å². The first kappa shape index (κ1) is 17.1. The van der Waals surface area contributed by atoms with E-state index in [9.17, 15) is 4.79 Å². The lowest BCUT2D eigenvalue weighted by Crippen LogP contribution is -2.20. The van der Waals surface area contributed by atoms with Crippen molar-refractivity contribution in [3.05, 3.63) is 51.2 Å². The van der Waals surface area contributed by atoms with Gasteiger partial charge in [-0.25, -0.2) is 0 Å². The molecule has 1 heterocycles. The Kier molecular flexibility index (Phi) is 5.82. The summed E-state index contributed by atoms with van der Waals surface area (Å²) in [6, 6.07) is 5.46. The van der Waals surface area contributed by atoms with E-state index in [4.69, 9.17) is 9.47 Å². The van der Waals surface area contributed by atoms with Crippen molar-refractivity contribution in [2.75, 3.05) is 14.2 Å². The molecule has 5 heteroatoms. The molecule has 23 heavy (non-hydrogen) atoms. The monoisotopic (exact) mass is 331 g/mol. The number of aryl methyl sites for hydroxylation is 1. The van der Waals surface area contributed by atoms with Crippen molar-refractivity contribution >= 4 is 23.3 Å². The standard InChI is InChI=1S/C18H21NO3S/c1-12-13(2)23-11-15(12)10-19-18(20)8-5-14-9-16(21-3)6-7-17(14)22-4/h5-9,11H,10H2,1-4H3,(H,19,20)/b8-5+. The molecule has 1 amide bonds. The van der Waals surface area contributed by atoms with E-state index < -0.39 is 0 Å². The van der Waals surface area contributed by atoms with Gasteiger partial charge in [-0.1, -0.05) is 0 Å². The average molecular weight is 331 g/mol. The molecule has 0 aliphatic carbocycles. The summed E-state index contributed by atoms with van der Waals surface area (Å²) in [5, 5.41) is 4.98. The van der Waals surface area contributed by atoms with Crippen molar-refractivity contribution in [3.8, 4) is 11.5 Å². The molecule has 1 N–H and O–H groups in total. The Labute approximate surface area is 140 Å². The molecule has 0 saturated heterocycles. The van der Waals surface area contributed by atoms with Gasteiger partial charge in [0.25, 0.3) is 0 Å². The fourth-order valence-electron chi connectivity index (χ4n) is 2.11. The van der Waals surface area contributed by atoms with E-state index in [0.717, 1.165) is 16.9 Å². The molecule has 0 unspecified atom stereocenters. The summed E-state index contributed by atoms with van der Waals surface area (Å²) in [6.45, 7) is 4.69. The summed E-state index contributed by atoms with van der Waals surface area (Å²) in [5.74, 6) is 1.27. The number of amides is 1. The van der Waals surface area contributed by atoms with Gasteiger partial charge in [-0.15, -0.1) is 11.3 Å². The minimum Gasteiger partial charge on any atom is -0.497 e. The first-order chi connectivity index (χ1) is 11.0. The molecule has 2 rings (SSSR count). The highest BCUT2D eigenvalue weighted by Gasteiger charge is 2.06. The smallest absolute Gasteiger partial charge is 0.244 e. The van der Waals surface area contributed by atoms with Crippen LogP contribution >= 0.6 is 11.3 Å². The van der Waals surface area contributed by atoms with E-state index >= 15 is 0 Å². The van der Waals surface area contributed by atoms with Crippen LogP contribution in [0, 0.1) is 13.8 Å². The zero-order valence-electron chi connectivity index (χ0n) is 13.8. The number of thiophene rings is 1. The summed E-state index contributed by atoms with van der Waals surface area (Å²) >= 11 is 1.70. The van der Waals surface area contributed by atoms with Gasteiger partial charge in [-0.05, 0) is 54.6 Å². The van der Waals surface area contributed by atoms with Crippen LogP contribution in [0.15, 0.2) is 29.7 Å². The number of benzene rings is 1. The largest absolute Gasteiger partial charge is 0.497 e. The Morgan fingerprint density at radius 2 is 2.04 bits per heavy atom. The SMILES string of the molecule is COc1ccc(OC)c(/C=C/C(=O)NCc2csc(C)c2C)c1. The van der Waals surface area contributed by atoms with Crippen LogP contribution < -0.4 is 14.8 Å². The van der Waals surface area contributed by atoms with Gasteiger partial charge in [0.15, 0.2) is 0 Å². The third-order valence-electron chi connectivity index (χ3n) is 3.69. The second-order valence-electron chi connectivity index (χ2n) is 5.10. The number of nitrogens with one attached hydrogen (secondary N) is 1. The van der Waals surface area contributed by atoms with Crippen LogP contribution in [0.4, 0.5) is 0 Å². The lowest BCUT2D eigenvalue weighted by atomic mass is 10.1. The van der Waals surface area contributed by atoms with Crippen LogP contribution in [0.25, 0.3) is 6.08 Å². The van der Waals surface area contributed by atoms with Crippen LogP contribution in [0.5, 0.6) is 11.5 Å². The van der Waals surface area contributed by atoms with E-state index in [1.165, 1.54) is 16.5 Å². The van der Waals surface area contributed by atoms with E-state index in [-0.39, 0.29) is 5.91 Å². The lowest BCUT2D eigenvalue weighted by molar-refractivity contribution is -0.116. The van der Waals surface area contributed by atoms with Crippen molar-refractivity contribution in [2.24, 2.45) is 0 Å². The first-order valence-corrected chi connectivity index (χ1v) is 8.14. The number of ether oxygens (including phenoxy) is 2. The minimum atomic E-state index is -0.141. The molecule has 0 aliphatic heterocycles. The molecule has 2 aromatic rings. The maximum Gasteiger partial charge on any atom is 0.244 e. The average Bonchev–Trinajstić information content (AvgIpc) is 2.89. The highest BCUT2D eigenvalue weighted by Crippen LogP contribution is 2.25. The molecule has 1 aromatic carbocycles. The van der Waals surface area contributed by atoms with Gasteiger partial charge in [0.2, 0.25) is 5.91 Å². The third-order valence-corrected chi connectivity index (χ3v) is 4.75. The predicted molar refractivity (Wildman–Crippen MR) is 94.2 cm³/mol. The summed E-state index contributed by atoms with van der Waals surface area (Å²) in [7, 11) is 3.20. The Morgan fingerprint density at radius 1 is 1.26 bits per heavy atom. The van der Waals surface area contributed by atoms with Gasteiger partial charge in [-0.2, -0.15) is 0 Å².